The van der Waals surface area contributed by atoms with Crippen LogP contribution < -0.4 is 5.32 Å². The summed E-state index contributed by atoms with van der Waals surface area (Å²) in [5, 5.41) is 13.8. The minimum absolute atomic E-state index is 0.000554. The van der Waals surface area contributed by atoms with Gasteiger partial charge in [0.05, 0.1) is 16.2 Å². The van der Waals surface area contributed by atoms with Gasteiger partial charge >= 0.3 is 0 Å². The van der Waals surface area contributed by atoms with Crippen molar-refractivity contribution in [3.8, 4) is 0 Å². The summed E-state index contributed by atoms with van der Waals surface area (Å²) < 4.78 is 0. The average molecular weight is 367 g/mol. The Morgan fingerprint density at radius 1 is 1.07 bits per heavy atom. The van der Waals surface area contributed by atoms with Gasteiger partial charge in [0.1, 0.15) is 0 Å². The molecule has 2 aromatic carbocycles. The topological polar surface area (TPSA) is 75.5 Å². The molecule has 1 amide bonds. The van der Waals surface area contributed by atoms with E-state index in [4.69, 9.17) is 0 Å². The first-order valence-corrected chi connectivity index (χ1v) is 9.41. The molecule has 1 aliphatic heterocycles. The van der Waals surface area contributed by atoms with Crippen molar-refractivity contribution in [2.75, 3.05) is 18.4 Å². The molecule has 0 unspecified atom stereocenters. The predicted molar refractivity (Wildman–Crippen MR) is 106 cm³/mol. The second kappa shape index (κ2) is 8.77. The minimum atomic E-state index is -0.442. The number of hydrogen-bond acceptors (Lipinski definition) is 4. The zero-order chi connectivity index (χ0) is 19.2. The Kier molecular flexibility index (Phi) is 6.19. The van der Waals surface area contributed by atoms with Gasteiger partial charge in [0.15, 0.2) is 0 Å². The van der Waals surface area contributed by atoms with Crippen LogP contribution in [-0.2, 0) is 6.54 Å². The largest absolute Gasteiger partial charge is 0.321 e. The molecule has 2 aromatic rings. The van der Waals surface area contributed by atoms with E-state index in [1.807, 2.05) is 24.3 Å². The van der Waals surface area contributed by atoms with Gasteiger partial charge in [-0.1, -0.05) is 31.0 Å². The molecule has 0 atom stereocenters. The second-order valence-electron chi connectivity index (χ2n) is 7.05. The van der Waals surface area contributed by atoms with Gasteiger partial charge < -0.3 is 5.32 Å². The maximum atomic E-state index is 12.5. The maximum Gasteiger partial charge on any atom is 0.274 e. The predicted octanol–water partition coefficient (Wildman–Crippen LogP) is 4.53. The Balaban J connectivity index is 1.65. The van der Waals surface area contributed by atoms with Crippen LogP contribution in [0.4, 0.5) is 11.4 Å². The first-order chi connectivity index (χ1) is 13.0. The number of amides is 1. The third kappa shape index (κ3) is 4.92. The molecule has 0 saturated carbocycles. The third-order valence-electron chi connectivity index (χ3n) is 5.07. The van der Waals surface area contributed by atoms with Crippen molar-refractivity contribution in [1.82, 2.24) is 4.90 Å². The summed E-state index contributed by atoms with van der Waals surface area (Å²) in [5.41, 5.74) is 2.65. The smallest absolute Gasteiger partial charge is 0.274 e. The van der Waals surface area contributed by atoms with E-state index in [1.54, 1.807) is 19.1 Å². The minimum Gasteiger partial charge on any atom is -0.321 e. The number of carbonyl (C=O) groups is 1. The molecule has 1 N–H and O–H groups in total. The van der Waals surface area contributed by atoms with Crippen LogP contribution >= 0.6 is 0 Å². The molecule has 6 heteroatoms. The molecule has 27 heavy (non-hydrogen) atoms. The number of benzene rings is 2. The number of anilines is 1. The van der Waals surface area contributed by atoms with E-state index in [0.29, 0.717) is 16.8 Å². The number of nitro benzene ring substituents is 1. The van der Waals surface area contributed by atoms with E-state index in [1.165, 1.54) is 37.3 Å². The lowest BCUT2D eigenvalue weighted by Crippen LogP contribution is -2.24. The molecule has 1 aliphatic rings. The summed E-state index contributed by atoms with van der Waals surface area (Å²) in [6.45, 7) is 4.81. The fourth-order valence-corrected chi connectivity index (χ4v) is 3.47. The molecular weight excluding hydrogens is 342 g/mol. The molecule has 0 radical (unpaired) electrons. The second-order valence-corrected chi connectivity index (χ2v) is 7.05. The lowest BCUT2D eigenvalue weighted by molar-refractivity contribution is -0.385. The van der Waals surface area contributed by atoms with Crippen LogP contribution in [0.3, 0.4) is 0 Å². The molecule has 1 saturated heterocycles. The number of likely N-dealkylation sites (tertiary alicyclic amines) is 1. The molecule has 6 nitrogen and oxygen atoms in total. The van der Waals surface area contributed by atoms with Gasteiger partial charge in [0, 0.05) is 18.2 Å². The molecule has 0 bridgehead atoms. The summed E-state index contributed by atoms with van der Waals surface area (Å²) in [4.78, 5) is 25.6. The quantitative estimate of drug-likeness (QED) is 0.622. The van der Waals surface area contributed by atoms with E-state index in [9.17, 15) is 14.9 Å². The van der Waals surface area contributed by atoms with Crippen LogP contribution in [0.25, 0.3) is 0 Å². The van der Waals surface area contributed by atoms with Gasteiger partial charge in [0.2, 0.25) is 0 Å². The van der Waals surface area contributed by atoms with Crippen LogP contribution in [0.15, 0.2) is 42.5 Å². The first-order valence-electron chi connectivity index (χ1n) is 9.41. The molecule has 0 aromatic heterocycles. The van der Waals surface area contributed by atoms with Crippen molar-refractivity contribution in [3.05, 3.63) is 69.3 Å². The summed E-state index contributed by atoms with van der Waals surface area (Å²) in [6.07, 6.45) is 5.13. The van der Waals surface area contributed by atoms with Crippen LogP contribution in [0.5, 0.6) is 0 Å². The van der Waals surface area contributed by atoms with Gasteiger partial charge in [-0.3, -0.25) is 19.8 Å². The third-order valence-corrected chi connectivity index (χ3v) is 5.07. The molecule has 142 valence electrons. The number of rotatable bonds is 5. The first kappa shape index (κ1) is 19.0. The number of hydrogen-bond donors (Lipinski definition) is 1. The van der Waals surface area contributed by atoms with Crippen LogP contribution in [-0.4, -0.2) is 28.8 Å². The number of nitrogens with zero attached hydrogens (tertiary/aromatic N) is 2. The SMILES string of the molecule is Cc1c(NC(=O)c2ccc(CN3CCCCCC3)cc2)cccc1[N+](=O)[O-]. The maximum absolute atomic E-state index is 12.5. The van der Waals surface area contributed by atoms with Crippen molar-refractivity contribution in [2.24, 2.45) is 0 Å². The van der Waals surface area contributed by atoms with Gasteiger partial charge in [-0.25, -0.2) is 0 Å². The highest BCUT2D eigenvalue weighted by molar-refractivity contribution is 6.04. The van der Waals surface area contributed by atoms with Gasteiger partial charge in [-0.2, -0.15) is 0 Å². The van der Waals surface area contributed by atoms with Gasteiger partial charge in [-0.15, -0.1) is 0 Å². The number of carbonyl (C=O) groups excluding carboxylic acids is 1. The van der Waals surface area contributed by atoms with Gasteiger partial charge in [-0.05, 0) is 56.6 Å². The summed E-state index contributed by atoms with van der Waals surface area (Å²) >= 11 is 0. The van der Waals surface area contributed by atoms with E-state index < -0.39 is 4.92 Å². The van der Waals surface area contributed by atoms with Crippen molar-refractivity contribution in [2.45, 2.75) is 39.2 Å². The standard InChI is InChI=1S/C21H25N3O3/c1-16-19(7-6-8-20(16)24(26)27)22-21(25)18-11-9-17(10-12-18)15-23-13-4-2-3-5-14-23/h6-12H,2-5,13-15H2,1H3,(H,22,25). The lowest BCUT2D eigenvalue weighted by atomic mass is 10.1. The Labute approximate surface area is 159 Å². The fraction of sp³-hybridized carbons (Fsp3) is 0.381. The molecule has 0 spiro atoms. The van der Waals surface area contributed by atoms with E-state index >= 15 is 0 Å². The Hall–Kier alpha value is -2.73. The Bertz CT molecular complexity index is 810. The zero-order valence-electron chi connectivity index (χ0n) is 15.6. The zero-order valence-corrected chi connectivity index (χ0v) is 15.6. The van der Waals surface area contributed by atoms with Crippen LogP contribution in [0, 0.1) is 17.0 Å². The van der Waals surface area contributed by atoms with Crippen molar-refractivity contribution in [1.29, 1.82) is 0 Å². The van der Waals surface area contributed by atoms with Gasteiger partial charge in [0.25, 0.3) is 11.6 Å². The molecule has 1 heterocycles. The summed E-state index contributed by atoms with van der Waals surface area (Å²) in [5.74, 6) is -0.264. The molecule has 3 rings (SSSR count). The van der Waals surface area contributed by atoms with Crippen molar-refractivity contribution >= 4 is 17.3 Å². The molecule has 0 aliphatic carbocycles. The Morgan fingerprint density at radius 3 is 2.37 bits per heavy atom. The van der Waals surface area contributed by atoms with E-state index in [2.05, 4.69) is 10.2 Å². The average Bonchev–Trinajstić information content (AvgIpc) is 2.92. The fourth-order valence-electron chi connectivity index (χ4n) is 3.47. The number of nitrogens with one attached hydrogen (secondary N) is 1. The molecular formula is C21H25N3O3. The highest BCUT2D eigenvalue weighted by Crippen LogP contribution is 2.25. The van der Waals surface area contributed by atoms with E-state index in [0.717, 1.165) is 19.6 Å². The summed E-state index contributed by atoms with van der Waals surface area (Å²) in [6, 6.07) is 12.3. The monoisotopic (exact) mass is 367 g/mol. The van der Waals surface area contributed by atoms with Crippen molar-refractivity contribution < 1.29 is 9.72 Å². The van der Waals surface area contributed by atoms with Crippen LogP contribution in [0.1, 0.15) is 47.2 Å². The Morgan fingerprint density at radius 2 is 1.74 bits per heavy atom. The van der Waals surface area contributed by atoms with Crippen LogP contribution in [0.2, 0.25) is 0 Å². The highest BCUT2D eigenvalue weighted by atomic mass is 16.6. The molecule has 1 fully saturated rings. The normalized spacial score (nSPS) is 15.1. The number of nitro groups is 1. The van der Waals surface area contributed by atoms with Crippen molar-refractivity contribution in [3.63, 3.8) is 0 Å². The summed E-state index contributed by atoms with van der Waals surface area (Å²) in [7, 11) is 0. The highest BCUT2D eigenvalue weighted by Gasteiger charge is 2.16. The van der Waals surface area contributed by atoms with E-state index in [-0.39, 0.29) is 11.6 Å². The lowest BCUT2D eigenvalue weighted by Gasteiger charge is -2.19.